The molecule has 1 aliphatic heterocycles. The molecular weight excluding hydrogens is 248 g/mol. The van der Waals surface area contributed by atoms with Crippen molar-refractivity contribution in [1.82, 2.24) is 4.90 Å². The largest absolute Gasteiger partial charge is 0.495 e. The Hall–Kier alpha value is -1.53. The first-order valence-corrected chi connectivity index (χ1v) is 7.39. The van der Waals surface area contributed by atoms with Crippen molar-refractivity contribution in [2.24, 2.45) is 5.41 Å². The van der Waals surface area contributed by atoms with Crippen molar-refractivity contribution in [2.75, 3.05) is 20.2 Å². The fourth-order valence-electron chi connectivity index (χ4n) is 2.79. The first-order chi connectivity index (χ1) is 9.60. The van der Waals surface area contributed by atoms with Gasteiger partial charge in [-0.15, -0.1) is 0 Å². The van der Waals surface area contributed by atoms with Gasteiger partial charge in [-0.2, -0.15) is 5.26 Å². The molecule has 0 amide bonds. The standard InChI is InChI=1S/C17H24N2O/c1-4-17(2)7-9-19(10-8-17)13-14-5-6-15(12-18)16(11-14)20-3/h5-6,11H,4,7-10,13H2,1-3H3. The van der Waals surface area contributed by atoms with Crippen molar-refractivity contribution in [1.29, 1.82) is 5.26 Å². The Kier molecular flexibility index (Phi) is 4.67. The zero-order chi connectivity index (χ0) is 14.6. The summed E-state index contributed by atoms with van der Waals surface area (Å²) in [4.78, 5) is 2.50. The number of rotatable bonds is 4. The minimum atomic E-state index is 0.527. The topological polar surface area (TPSA) is 36.3 Å². The van der Waals surface area contributed by atoms with Crippen molar-refractivity contribution < 1.29 is 4.74 Å². The van der Waals surface area contributed by atoms with Gasteiger partial charge >= 0.3 is 0 Å². The molecule has 1 aliphatic rings. The number of nitriles is 1. The first kappa shape index (κ1) is 14.9. The predicted molar refractivity (Wildman–Crippen MR) is 80.6 cm³/mol. The minimum Gasteiger partial charge on any atom is -0.495 e. The van der Waals surface area contributed by atoms with E-state index >= 15 is 0 Å². The Bertz CT molecular complexity index is 496. The van der Waals surface area contributed by atoms with Crippen molar-refractivity contribution >= 4 is 0 Å². The molecule has 2 rings (SSSR count). The van der Waals surface area contributed by atoms with E-state index in [-0.39, 0.29) is 0 Å². The summed E-state index contributed by atoms with van der Waals surface area (Å²) in [6.45, 7) is 7.96. The van der Waals surface area contributed by atoms with Gasteiger partial charge in [0.1, 0.15) is 11.8 Å². The Labute approximate surface area is 122 Å². The molecule has 20 heavy (non-hydrogen) atoms. The third-order valence-corrected chi connectivity index (χ3v) is 4.71. The summed E-state index contributed by atoms with van der Waals surface area (Å²) in [6, 6.07) is 8.04. The minimum absolute atomic E-state index is 0.527. The van der Waals surface area contributed by atoms with Gasteiger partial charge in [-0.25, -0.2) is 0 Å². The number of nitrogens with zero attached hydrogens (tertiary/aromatic N) is 2. The molecular formula is C17H24N2O. The molecule has 1 aromatic rings. The number of methoxy groups -OCH3 is 1. The molecule has 0 radical (unpaired) electrons. The van der Waals surface area contributed by atoms with Crippen LogP contribution in [-0.2, 0) is 6.54 Å². The van der Waals surface area contributed by atoms with Crippen molar-refractivity contribution in [3.8, 4) is 11.8 Å². The molecule has 3 nitrogen and oxygen atoms in total. The van der Waals surface area contributed by atoms with E-state index in [1.807, 2.05) is 18.2 Å². The van der Waals surface area contributed by atoms with E-state index in [4.69, 9.17) is 10.00 Å². The van der Waals surface area contributed by atoms with Crippen LogP contribution in [-0.4, -0.2) is 25.1 Å². The summed E-state index contributed by atoms with van der Waals surface area (Å²) in [5.41, 5.74) is 2.35. The van der Waals surface area contributed by atoms with E-state index in [1.54, 1.807) is 7.11 Å². The van der Waals surface area contributed by atoms with Crippen LogP contribution in [0.25, 0.3) is 0 Å². The van der Waals surface area contributed by atoms with Gasteiger partial charge in [-0.05, 0) is 49.0 Å². The maximum atomic E-state index is 9.01. The quantitative estimate of drug-likeness (QED) is 0.840. The van der Waals surface area contributed by atoms with E-state index in [0.717, 1.165) is 19.6 Å². The normalized spacial score (nSPS) is 18.5. The summed E-state index contributed by atoms with van der Waals surface area (Å²) in [5, 5.41) is 9.01. The molecule has 0 spiro atoms. The molecule has 3 heteroatoms. The SMILES string of the molecule is CCC1(C)CCN(Cc2ccc(C#N)c(OC)c2)CC1. The number of likely N-dealkylation sites (tertiary alicyclic amines) is 1. The third kappa shape index (κ3) is 3.32. The van der Waals surface area contributed by atoms with Crippen LogP contribution < -0.4 is 4.74 Å². The number of hydrogen-bond donors (Lipinski definition) is 0. The van der Waals surface area contributed by atoms with Crippen molar-refractivity contribution in [3.63, 3.8) is 0 Å². The molecule has 0 aromatic heterocycles. The van der Waals surface area contributed by atoms with Gasteiger partial charge in [0.15, 0.2) is 0 Å². The van der Waals surface area contributed by atoms with Crippen LogP contribution in [0.4, 0.5) is 0 Å². The Morgan fingerprint density at radius 3 is 2.60 bits per heavy atom. The summed E-state index contributed by atoms with van der Waals surface area (Å²) in [6.07, 6.45) is 3.82. The number of benzene rings is 1. The number of ether oxygens (including phenoxy) is 1. The summed E-state index contributed by atoms with van der Waals surface area (Å²) in [5.74, 6) is 0.681. The molecule has 1 heterocycles. The molecule has 0 aliphatic carbocycles. The lowest BCUT2D eigenvalue weighted by Gasteiger charge is -2.39. The van der Waals surface area contributed by atoms with E-state index < -0.39 is 0 Å². The Balaban J connectivity index is 2.00. The monoisotopic (exact) mass is 272 g/mol. The van der Waals surface area contributed by atoms with E-state index in [0.29, 0.717) is 16.7 Å². The van der Waals surface area contributed by atoms with Gasteiger partial charge < -0.3 is 4.74 Å². The van der Waals surface area contributed by atoms with Crippen LogP contribution in [0.15, 0.2) is 18.2 Å². The molecule has 1 aromatic carbocycles. The van der Waals surface area contributed by atoms with Crippen LogP contribution in [0.5, 0.6) is 5.75 Å². The molecule has 1 saturated heterocycles. The van der Waals surface area contributed by atoms with E-state index in [1.165, 1.54) is 24.8 Å². The smallest absolute Gasteiger partial charge is 0.136 e. The van der Waals surface area contributed by atoms with Crippen LogP contribution in [0, 0.1) is 16.7 Å². The van der Waals surface area contributed by atoms with Crippen LogP contribution in [0.2, 0.25) is 0 Å². The predicted octanol–water partition coefficient (Wildman–Crippen LogP) is 3.58. The van der Waals surface area contributed by atoms with Crippen molar-refractivity contribution in [2.45, 2.75) is 39.7 Å². The van der Waals surface area contributed by atoms with Gasteiger partial charge in [0.25, 0.3) is 0 Å². The Morgan fingerprint density at radius 1 is 1.35 bits per heavy atom. The van der Waals surface area contributed by atoms with E-state index in [9.17, 15) is 0 Å². The third-order valence-electron chi connectivity index (χ3n) is 4.71. The van der Waals surface area contributed by atoms with Gasteiger partial charge in [0.05, 0.1) is 12.7 Å². The second kappa shape index (κ2) is 6.28. The second-order valence-corrected chi connectivity index (χ2v) is 6.09. The molecule has 0 atom stereocenters. The summed E-state index contributed by atoms with van der Waals surface area (Å²) in [7, 11) is 1.62. The molecule has 1 fully saturated rings. The van der Waals surface area contributed by atoms with Gasteiger partial charge in [-0.1, -0.05) is 26.3 Å². The average Bonchev–Trinajstić information content (AvgIpc) is 2.49. The van der Waals surface area contributed by atoms with E-state index in [2.05, 4.69) is 24.8 Å². The first-order valence-electron chi connectivity index (χ1n) is 7.39. The highest BCUT2D eigenvalue weighted by molar-refractivity contribution is 5.45. The highest BCUT2D eigenvalue weighted by Crippen LogP contribution is 2.34. The maximum absolute atomic E-state index is 9.01. The highest BCUT2D eigenvalue weighted by atomic mass is 16.5. The van der Waals surface area contributed by atoms with Gasteiger partial charge in [0.2, 0.25) is 0 Å². The highest BCUT2D eigenvalue weighted by Gasteiger charge is 2.28. The lowest BCUT2D eigenvalue weighted by Crippen LogP contribution is -2.37. The molecule has 108 valence electrons. The van der Waals surface area contributed by atoms with Crippen LogP contribution in [0.1, 0.15) is 44.2 Å². The Morgan fingerprint density at radius 2 is 2.05 bits per heavy atom. The zero-order valence-corrected chi connectivity index (χ0v) is 12.8. The van der Waals surface area contributed by atoms with Gasteiger partial charge in [-0.3, -0.25) is 4.90 Å². The van der Waals surface area contributed by atoms with Gasteiger partial charge in [0, 0.05) is 6.54 Å². The van der Waals surface area contributed by atoms with Crippen LogP contribution in [0.3, 0.4) is 0 Å². The van der Waals surface area contributed by atoms with Crippen molar-refractivity contribution in [3.05, 3.63) is 29.3 Å². The second-order valence-electron chi connectivity index (χ2n) is 6.09. The molecule has 0 N–H and O–H groups in total. The molecule has 0 saturated carbocycles. The summed E-state index contributed by atoms with van der Waals surface area (Å²) >= 11 is 0. The summed E-state index contributed by atoms with van der Waals surface area (Å²) < 4.78 is 5.28. The lowest BCUT2D eigenvalue weighted by atomic mass is 9.78. The molecule has 0 bridgehead atoms. The average molecular weight is 272 g/mol. The maximum Gasteiger partial charge on any atom is 0.136 e. The number of piperidine rings is 1. The lowest BCUT2D eigenvalue weighted by molar-refractivity contribution is 0.109. The van der Waals surface area contributed by atoms with Crippen LogP contribution >= 0.6 is 0 Å². The zero-order valence-electron chi connectivity index (χ0n) is 12.8. The fourth-order valence-corrected chi connectivity index (χ4v) is 2.79. The number of hydrogen-bond acceptors (Lipinski definition) is 3. The molecule has 0 unspecified atom stereocenters. The fraction of sp³-hybridized carbons (Fsp3) is 0.588.